The van der Waals surface area contributed by atoms with Crippen molar-refractivity contribution in [3.8, 4) is 0 Å². The van der Waals surface area contributed by atoms with Crippen LogP contribution in [0.25, 0.3) is 0 Å². The molecule has 2 unspecified atom stereocenters. The zero-order valence-corrected chi connectivity index (χ0v) is 10.3. The third-order valence-electron chi connectivity index (χ3n) is 3.69. The maximum absolute atomic E-state index is 5.65. The van der Waals surface area contributed by atoms with Gasteiger partial charge in [-0.3, -0.25) is 0 Å². The van der Waals surface area contributed by atoms with Crippen LogP contribution < -0.4 is 22.9 Å². The summed E-state index contributed by atoms with van der Waals surface area (Å²) in [7, 11) is 0. The van der Waals surface area contributed by atoms with Gasteiger partial charge in [0.25, 0.3) is 0 Å². The van der Waals surface area contributed by atoms with Gasteiger partial charge in [0.05, 0.1) is 0 Å². The minimum absolute atomic E-state index is 0.281. The van der Waals surface area contributed by atoms with Crippen LogP contribution in [-0.4, -0.2) is 24.2 Å². The molecule has 2 aliphatic rings. The minimum Gasteiger partial charge on any atom is -0.328 e. The van der Waals surface area contributed by atoms with Crippen LogP contribution in [0, 0.1) is 0 Å². The predicted molar refractivity (Wildman–Crippen MR) is 68.8 cm³/mol. The molecule has 8 N–H and O–H groups in total. The summed E-state index contributed by atoms with van der Waals surface area (Å²) < 4.78 is 0. The van der Waals surface area contributed by atoms with E-state index in [4.69, 9.17) is 22.9 Å². The molecule has 0 amide bonds. The van der Waals surface area contributed by atoms with Gasteiger partial charge in [-0.25, -0.2) is 0 Å². The van der Waals surface area contributed by atoms with Crippen molar-refractivity contribution in [3.63, 3.8) is 0 Å². The van der Waals surface area contributed by atoms with Crippen LogP contribution >= 0.6 is 0 Å². The Labute approximate surface area is 99.1 Å². The summed E-state index contributed by atoms with van der Waals surface area (Å²) in [4.78, 5) is 0. The van der Waals surface area contributed by atoms with Gasteiger partial charge in [0.2, 0.25) is 0 Å². The summed E-state index contributed by atoms with van der Waals surface area (Å²) in [6.07, 6.45) is 9.30. The highest BCUT2D eigenvalue weighted by Gasteiger charge is 2.16. The Kier molecular flexibility index (Phi) is 6.28. The molecule has 2 atom stereocenters. The van der Waals surface area contributed by atoms with E-state index in [-0.39, 0.29) is 12.1 Å². The molecule has 4 nitrogen and oxygen atoms in total. The molecule has 0 aromatic rings. The Bertz CT molecular complexity index is 158. The molecule has 2 saturated carbocycles. The normalized spacial score (nSPS) is 39.8. The zero-order valence-electron chi connectivity index (χ0n) is 10.3. The molecule has 0 saturated heterocycles. The topological polar surface area (TPSA) is 104 Å². The van der Waals surface area contributed by atoms with E-state index >= 15 is 0 Å². The van der Waals surface area contributed by atoms with Crippen LogP contribution in [0.15, 0.2) is 0 Å². The largest absolute Gasteiger partial charge is 0.328 e. The van der Waals surface area contributed by atoms with Crippen molar-refractivity contribution in [1.29, 1.82) is 0 Å². The fourth-order valence-electron chi connectivity index (χ4n) is 2.33. The first-order valence-corrected chi connectivity index (χ1v) is 6.62. The Morgan fingerprint density at radius 1 is 0.500 bits per heavy atom. The van der Waals surface area contributed by atoms with Gasteiger partial charge in [-0.15, -0.1) is 0 Å². The van der Waals surface area contributed by atoms with Crippen LogP contribution in [0.4, 0.5) is 0 Å². The molecule has 16 heavy (non-hydrogen) atoms. The number of hydrogen-bond acceptors (Lipinski definition) is 4. The molecule has 4 heteroatoms. The lowest BCUT2D eigenvalue weighted by molar-refractivity contribution is 0.385. The fraction of sp³-hybridized carbons (Fsp3) is 1.00. The monoisotopic (exact) mass is 228 g/mol. The first-order valence-electron chi connectivity index (χ1n) is 6.62. The third-order valence-corrected chi connectivity index (χ3v) is 3.69. The van der Waals surface area contributed by atoms with Gasteiger partial charge >= 0.3 is 0 Å². The predicted octanol–water partition coefficient (Wildman–Crippen LogP) is 0.430. The Morgan fingerprint density at radius 2 is 0.812 bits per heavy atom. The van der Waals surface area contributed by atoms with E-state index in [0.29, 0.717) is 12.1 Å². The number of rotatable bonds is 0. The third kappa shape index (κ3) is 5.25. The molecular formula is C12H28N4. The van der Waals surface area contributed by atoms with E-state index in [2.05, 4.69) is 0 Å². The summed E-state index contributed by atoms with van der Waals surface area (Å²) >= 11 is 0. The second kappa shape index (κ2) is 7.22. The van der Waals surface area contributed by atoms with Crippen LogP contribution in [0.3, 0.4) is 0 Å². The number of hydrogen-bond donors (Lipinski definition) is 4. The first-order chi connectivity index (χ1) is 7.59. The van der Waals surface area contributed by atoms with E-state index in [1.54, 1.807) is 0 Å². The molecule has 2 rings (SSSR count). The lowest BCUT2D eigenvalue weighted by atomic mass is 9.92. The Morgan fingerprint density at radius 3 is 1.06 bits per heavy atom. The first kappa shape index (κ1) is 13.9. The van der Waals surface area contributed by atoms with Crippen molar-refractivity contribution in [2.24, 2.45) is 22.9 Å². The molecule has 0 spiro atoms. The summed E-state index contributed by atoms with van der Waals surface area (Å²) in [6.45, 7) is 0. The average Bonchev–Trinajstić information content (AvgIpc) is 2.28. The molecular weight excluding hydrogens is 200 g/mol. The minimum atomic E-state index is 0.281. The van der Waals surface area contributed by atoms with Gasteiger partial charge in [-0.05, 0) is 38.5 Å². The maximum Gasteiger partial charge on any atom is 0.0192 e. The molecule has 0 aliphatic heterocycles. The summed E-state index contributed by atoms with van der Waals surface area (Å²) in [5.41, 5.74) is 22.6. The van der Waals surface area contributed by atoms with Gasteiger partial charge < -0.3 is 22.9 Å². The lowest BCUT2D eigenvalue weighted by Crippen LogP contribution is -2.43. The molecule has 0 heterocycles. The van der Waals surface area contributed by atoms with Gasteiger partial charge in [0, 0.05) is 24.2 Å². The average molecular weight is 228 g/mol. The SMILES string of the molecule is NC1CCC(N)CC1.NC1CCCCC1N. The molecule has 0 bridgehead atoms. The maximum atomic E-state index is 5.65. The second-order valence-corrected chi connectivity index (χ2v) is 5.29. The van der Waals surface area contributed by atoms with Crippen LogP contribution in [-0.2, 0) is 0 Å². The highest BCUT2D eigenvalue weighted by molar-refractivity contribution is 4.79. The molecule has 0 radical (unpaired) electrons. The smallest absolute Gasteiger partial charge is 0.0192 e. The van der Waals surface area contributed by atoms with E-state index < -0.39 is 0 Å². The van der Waals surface area contributed by atoms with Crippen molar-refractivity contribution in [2.45, 2.75) is 75.5 Å². The highest BCUT2D eigenvalue weighted by Crippen LogP contribution is 2.14. The van der Waals surface area contributed by atoms with Crippen molar-refractivity contribution >= 4 is 0 Å². The van der Waals surface area contributed by atoms with Gasteiger partial charge in [-0.1, -0.05) is 12.8 Å². The summed E-state index contributed by atoms with van der Waals surface area (Å²) in [6, 6.07) is 1.44. The molecule has 0 aromatic carbocycles. The Balaban J connectivity index is 0.000000160. The van der Waals surface area contributed by atoms with Crippen LogP contribution in [0.5, 0.6) is 0 Å². The van der Waals surface area contributed by atoms with E-state index in [1.165, 1.54) is 12.8 Å². The van der Waals surface area contributed by atoms with Gasteiger partial charge in [0.15, 0.2) is 0 Å². The molecule has 2 fully saturated rings. The standard InChI is InChI=1S/2C6H14N2/c7-5-1-2-6(8)4-3-5;7-5-3-1-2-4-6(5)8/h2*5-6H,1-4,7-8H2. The quantitative estimate of drug-likeness (QED) is 0.482. The van der Waals surface area contributed by atoms with Crippen LogP contribution in [0.2, 0.25) is 0 Å². The van der Waals surface area contributed by atoms with E-state index in [0.717, 1.165) is 38.5 Å². The van der Waals surface area contributed by atoms with E-state index in [1.807, 2.05) is 0 Å². The number of nitrogens with two attached hydrogens (primary N) is 4. The van der Waals surface area contributed by atoms with E-state index in [9.17, 15) is 0 Å². The second-order valence-electron chi connectivity index (χ2n) is 5.29. The van der Waals surface area contributed by atoms with Crippen molar-refractivity contribution in [1.82, 2.24) is 0 Å². The van der Waals surface area contributed by atoms with Gasteiger partial charge in [0.1, 0.15) is 0 Å². The van der Waals surface area contributed by atoms with Gasteiger partial charge in [-0.2, -0.15) is 0 Å². The highest BCUT2D eigenvalue weighted by atomic mass is 14.8. The van der Waals surface area contributed by atoms with Crippen molar-refractivity contribution in [3.05, 3.63) is 0 Å². The Hall–Kier alpha value is -0.160. The molecule has 96 valence electrons. The van der Waals surface area contributed by atoms with Crippen molar-refractivity contribution in [2.75, 3.05) is 0 Å². The summed E-state index contributed by atoms with van der Waals surface area (Å²) in [5, 5.41) is 0. The zero-order chi connectivity index (χ0) is 12.0. The van der Waals surface area contributed by atoms with Crippen molar-refractivity contribution < 1.29 is 0 Å². The molecule has 0 aromatic heterocycles. The lowest BCUT2D eigenvalue weighted by Gasteiger charge is -2.24. The summed E-state index contributed by atoms with van der Waals surface area (Å²) in [5.74, 6) is 0. The van der Waals surface area contributed by atoms with Crippen LogP contribution in [0.1, 0.15) is 51.4 Å². The molecule has 2 aliphatic carbocycles. The fourth-order valence-corrected chi connectivity index (χ4v) is 2.33.